The second-order valence-corrected chi connectivity index (χ2v) is 6.14. The summed E-state index contributed by atoms with van der Waals surface area (Å²) in [4.78, 5) is 16.6. The summed E-state index contributed by atoms with van der Waals surface area (Å²) in [6.45, 7) is 0.349. The van der Waals surface area contributed by atoms with Gasteiger partial charge in [-0.3, -0.25) is 9.78 Å². The summed E-state index contributed by atoms with van der Waals surface area (Å²) < 4.78 is 7.08. The quantitative estimate of drug-likeness (QED) is 0.543. The molecule has 2 aromatic carbocycles. The lowest BCUT2D eigenvalue weighted by Gasteiger charge is -2.10. The third-order valence-corrected chi connectivity index (χ3v) is 4.32. The van der Waals surface area contributed by atoms with E-state index in [-0.39, 0.29) is 10.8 Å². The van der Waals surface area contributed by atoms with Gasteiger partial charge < -0.3 is 4.74 Å². The molecule has 0 amide bonds. The Labute approximate surface area is 154 Å². The van der Waals surface area contributed by atoms with Gasteiger partial charge in [-0.2, -0.15) is 5.10 Å². The normalized spacial score (nSPS) is 10.8. The maximum absolute atomic E-state index is 12.5. The number of rotatable bonds is 4. The molecule has 0 fully saturated rings. The number of benzene rings is 2. The fraction of sp³-hybridized carbons (Fsp3) is 0.0500. The van der Waals surface area contributed by atoms with Crippen LogP contribution in [-0.4, -0.2) is 14.8 Å². The summed E-state index contributed by atoms with van der Waals surface area (Å²) in [5.74, 6) is 0.790. The Kier molecular flexibility index (Phi) is 4.37. The molecule has 128 valence electrons. The molecule has 0 saturated carbocycles. The van der Waals surface area contributed by atoms with E-state index in [9.17, 15) is 4.79 Å². The van der Waals surface area contributed by atoms with Crippen LogP contribution in [0.5, 0.6) is 11.5 Å². The predicted molar refractivity (Wildman–Crippen MR) is 101 cm³/mol. The van der Waals surface area contributed by atoms with Crippen molar-refractivity contribution in [2.45, 2.75) is 6.54 Å². The van der Waals surface area contributed by atoms with E-state index < -0.39 is 5.56 Å². The van der Waals surface area contributed by atoms with Crippen molar-refractivity contribution in [1.82, 2.24) is 14.8 Å². The Morgan fingerprint density at radius 1 is 1.00 bits per heavy atom. The highest BCUT2D eigenvalue weighted by Crippen LogP contribution is 2.28. The van der Waals surface area contributed by atoms with Crippen molar-refractivity contribution >= 4 is 22.4 Å². The van der Waals surface area contributed by atoms with E-state index in [1.54, 1.807) is 12.4 Å². The van der Waals surface area contributed by atoms with Crippen molar-refractivity contribution in [3.63, 3.8) is 0 Å². The number of halogens is 1. The molecule has 2 aromatic heterocycles. The minimum Gasteiger partial charge on any atom is -0.454 e. The summed E-state index contributed by atoms with van der Waals surface area (Å²) in [6.07, 6.45) is 4.94. The van der Waals surface area contributed by atoms with Crippen LogP contribution in [0.15, 0.2) is 78.0 Å². The third kappa shape index (κ3) is 3.30. The Morgan fingerprint density at radius 2 is 1.85 bits per heavy atom. The van der Waals surface area contributed by atoms with Gasteiger partial charge in [-0.15, -0.1) is 0 Å². The van der Waals surface area contributed by atoms with E-state index in [2.05, 4.69) is 10.1 Å². The van der Waals surface area contributed by atoms with Crippen molar-refractivity contribution in [3.8, 4) is 11.5 Å². The van der Waals surface area contributed by atoms with Gasteiger partial charge in [0.05, 0.1) is 12.7 Å². The SMILES string of the molecule is O=c1c(Cl)c(Oc2ccc3ccncc3c2)cnn1Cc1ccccc1. The molecule has 2 heterocycles. The molecule has 0 bridgehead atoms. The van der Waals surface area contributed by atoms with Gasteiger partial charge in [0.1, 0.15) is 5.75 Å². The number of aromatic nitrogens is 3. The van der Waals surface area contributed by atoms with E-state index in [1.807, 2.05) is 54.6 Å². The maximum atomic E-state index is 12.5. The highest BCUT2D eigenvalue weighted by atomic mass is 35.5. The molecule has 0 spiro atoms. The number of ether oxygens (including phenoxy) is 1. The number of hydrogen-bond donors (Lipinski definition) is 0. The maximum Gasteiger partial charge on any atom is 0.289 e. The lowest BCUT2D eigenvalue weighted by atomic mass is 10.2. The number of pyridine rings is 1. The van der Waals surface area contributed by atoms with Crippen LogP contribution in [0.2, 0.25) is 5.02 Å². The second-order valence-electron chi connectivity index (χ2n) is 5.76. The Morgan fingerprint density at radius 3 is 2.69 bits per heavy atom. The Balaban J connectivity index is 1.62. The topological polar surface area (TPSA) is 57.0 Å². The number of nitrogens with zero attached hydrogens (tertiary/aromatic N) is 3. The summed E-state index contributed by atoms with van der Waals surface area (Å²) >= 11 is 6.22. The van der Waals surface area contributed by atoms with Crippen LogP contribution in [0.25, 0.3) is 10.8 Å². The van der Waals surface area contributed by atoms with E-state index in [0.29, 0.717) is 12.3 Å². The molecule has 0 atom stereocenters. The molecule has 4 rings (SSSR count). The van der Waals surface area contributed by atoms with Crippen molar-refractivity contribution in [2.75, 3.05) is 0 Å². The predicted octanol–water partition coefficient (Wildman–Crippen LogP) is 4.29. The molecule has 26 heavy (non-hydrogen) atoms. The van der Waals surface area contributed by atoms with Gasteiger partial charge in [0.25, 0.3) is 5.56 Å². The van der Waals surface area contributed by atoms with Gasteiger partial charge in [0.2, 0.25) is 0 Å². The van der Waals surface area contributed by atoms with Crippen molar-refractivity contribution in [1.29, 1.82) is 0 Å². The van der Waals surface area contributed by atoms with Gasteiger partial charge in [-0.05, 0) is 29.1 Å². The van der Waals surface area contributed by atoms with Crippen LogP contribution in [-0.2, 0) is 6.54 Å². The zero-order chi connectivity index (χ0) is 17.9. The minimum absolute atomic E-state index is 0.00205. The molecule has 0 N–H and O–H groups in total. The van der Waals surface area contributed by atoms with Crippen molar-refractivity contribution in [3.05, 3.63) is 94.1 Å². The van der Waals surface area contributed by atoms with Crippen LogP contribution in [0.1, 0.15) is 5.56 Å². The lowest BCUT2D eigenvalue weighted by Crippen LogP contribution is -2.23. The van der Waals surface area contributed by atoms with Gasteiger partial charge in [0, 0.05) is 17.8 Å². The van der Waals surface area contributed by atoms with Crippen LogP contribution in [0.4, 0.5) is 0 Å². The highest BCUT2D eigenvalue weighted by molar-refractivity contribution is 6.31. The van der Waals surface area contributed by atoms with Crippen LogP contribution < -0.4 is 10.3 Å². The molecule has 4 aromatic rings. The molecule has 0 radical (unpaired) electrons. The zero-order valence-electron chi connectivity index (χ0n) is 13.7. The summed E-state index contributed by atoms with van der Waals surface area (Å²) in [6, 6.07) is 17.1. The monoisotopic (exact) mass is 363 g/mol. The Hall–Kier alpha value is -3.18. The first kappa shape index (κ1) is 16.3. The standard InChI is InChI=1S/C20H14ClN3O2/c21-19-18(26-17-7-6-15-8-9-22-11-16(15)10-17)12-23-24(20(19)25)13-14-4-2-1-3-5-14/h1-12H,13H2. The van der Waals surface area contributed by atoms with Crippen LogP contribution >= 0.6 is 11.6 Å². The van der Waals surface area contributed by atoms with Crippen molar-refractivity contribution < 1.29 is 4.74 Å². The first-order chi connectivity index (χ1) is 12.7. The molecule has 5 nitrogen and oxygen atoms in total. The lowest BCUT2D eigenvalue weighted by molar-refractivity contribution is 0.471. The van der Waals surface area contributed by atoms with Crippen molar-refractivity contribution in [2.24, 2.45) is 0 Å². The first-order valence-electron chi connectivity index (χ1n) is 8.02. The minimum atomic E-state index is -0.393. The largest absolute Gasteiger partial charge is 0.454 e. The van der Waals surface area contributed by atoms with Gasteiger partial charge in [-0.1, -0.05) is 48.0 Å². The average molecular weight is 364 g/mol. The number of hydrogen-bond acceptors (Lipinski definition) is 4. The second kappa shape index (κ2) is 6.98. The molecule has 0 saturated heterocycles. The summed E-state index contributed by atoms with van der Waals surface area (Å²) in [7, 11) is 0. The van der Waals surface area contributed by atoms with Gasteiger partial charge in [0.15, 0.2) is 10.8 Å². The van der Waals surface area contributed by atoms with E-state index >= 15 is 0 Å². The third-order valence-electron chi connectivity index (χ3n) is 3.97. The average Bonchev–Trinajstić information content (AvgIpc) is 2.68. The highest BCUT2D eigenvalue weighted by Gasteiger charge is 2.12. The molecule has 6 heteroatoms. The van der Waals surface area contributed by atoms with Gasteiger partial charge >= 0.3 is 0 Å². The fourth-order valence-electron chi connectivity index (χ4n) is 2.64. The molecule has 0 aliphatic carbocycles. The fourth-order valence-corrected chi connectivity index (χ4v) is 2.83. The molecule has 0 unspecified atom stereocenters. The zero-order valence-corrected chi connectivity index (χ0v) is 14.4. The Bertz CT molecular complexity index is 1130. The molecular weight excluding hydrogens is 350 g/mol. The van der Waals surface area contributed by atoms with E-state index in [0.717, 1.165) is 16.3 Å². The van der Waals surface area contributed by atoms with Gasteiger partial charge in [-0.25, -0.2) is 4.68 Å². The summed E-state index contributed by atoms with van der Waals surface area (Å²) in [5.41, 5.74) is 0.573. The molecule has 0 aliphatic heterocycles. The van der Waals surface area contributed by atoms with E-state index in [4.69, 9.17) is 16.3 Å². The van der Waals surface area contributed by atoms with E-state index in [1.165, 1.54) is 10.9 Å². The molecular formula is C20H14ClN3O2. The number of fused-ring (bicyclic) bond motifs is 1. The molecule has 0 aliphatic rings. The van der Waals surface area contributed by atoms with Crippen LogP contribution in [0, 0.1) is 0 Å². The van der Waals surface area contributed by atoms with Crippen LogP contribution in [0.3, 0.4) is 0 Å². The first-order valence-corrected chi connectivity index (χ1v) is 8.40. The smallest absolute Gasteiger partial charge is 0.289 e. The summed E-state index contributed by atoms with van der Waals surface area (Å²) in [5, 5.41) is 6.16.